The van der Waals surface area contributed by atoms with E-state index in [2.05, 4.69) is 59.0 Å². The average Bonchev–Trinajstić information content (AvgIpc) is 2.76. The summed E-state index contributed by atoms with van der Waals surface area (Å²) in [6.45, 7) is 6.04. The van der Waals surface area contributed by atoms with Gasteiger partial charge in [-0.1, -0.05) is 24.1 Å². The van der Waals surface area contributed by atoms with E-state index in [-0.39, 0.29) is 0 Å². The number of nitrogens with zero attached hydrogens (tertiary/aromatic N) is 2. The number of aromatic nitrogens is 2. The van der Waals surface area contributed by atoms with E-state index in [0.717, 1.165) is 41.5 Å². The highest BCUT2D eigenvalue weighted by Crippen LogP contribution is 2.42. The maximum atomic E-state index is 6.47. The first kappa shape index (κ1) is 23.7. The smallest absolute Gasteiger partial charge is 0.229 e. The number of benzene rings is 2. The van der Waals surface area contributed by atoms with Crippen molar-refractivity contribution in [3.63, 3.8) is 0 Å². The molecule has 0 radical (unpaired) electrons. The standard InChI is InChI=1S/C25H29ClN5OPS/c1-33(2)32-23-12-18(34)6-7-21(23)29-24-20(26)14-28-25(31-24)30-22-11-17-13-27-9-8-16(17)10-19(22)15-4-3-5-15/h6-7,10-12,14-15,27,34H,3-5,8-9,13H2,1-2H3,(H2,28,29,30,31). The van der Waals surface area contributed by atoms with Crippen molar-refractivity contribution in [3.8, 4) is 5.75 Å². The molecular formula is C25H29ClN5OPS. The van der Waals surface area contributed by atoms with Crippen molar-refractivity contribution < 1.29 is 4.52 Å². The molecule has 2 aliphatic rings. The number of hydrogen-bond acceptors (Lipinski definition) is 7. The zero-order valence-electron chi connectivity index (χ0n) is 19.4. The van der Waals surface area contributed by atoms with Crippen molar-refractivity contribution >= 4 is 55.5 Å². The number of fused-ring (bicyclic) bond motifs is 1. The first-order valence-corrected chi connectivity index (χ1v) is 14.6. The summed E-state index contributed by atoms with van der Waals surface area (Å²) in [5.74, 6) is 2.36. The predicted octanol–water partition coefficient (Wildman–Crippen LogP) is 6.85. The van der Waals surface area contributed by atoms with Gasteiger partial charge in [-0.15, -0.1) is 12.6 Å². The van der Waals surface area contributed by atoms with Crippen LogP contribution in [0.25, 0.3) is 0 Å². The highest BCUT2D eigenvalue weighted by molar-refractivity contribution is 7.80. The SMILES string of the molecule is CP(C)Oc1cc(S)ccc1Nc1nc(Nc2cc3c(cc2C2CCC2)CCNC3)ncc1Cl. The lowest BCUT2D eigenvalue weighted by Gasteiger charge is -2.30. The average molecular weight is 514 g/mol. The van der Waals surface area contributed by atoms with Crippen LogP contribution in [0, 0.1) is 0 Å². The summed E-state index contributed by atoms with van der Waals surface area (Å²) in [5, 5.41) is 10.7. The highest BCUT2D eigenvalue weighted by atomic mass is 35.5. The Kier molecular flexibility index (Phi) is 7.16. The summed E-state index contributed by atoms with van der Waals surface area (Å²) >= 11 is 10.9. The number of rotatable bonds is 7. The Morgan fingerprint density at radius 1 is 1.12 bits per heavy atom. The monoisotopic (exact) mass is 513 g/mol. The van der Waals surface area contributed by atoms with E-state index in [1.165, 1.54) is 36.0 Å². The lowest BCUT2D eigenvalue weighted by Crippen LogP contribution is -2.24. The van der Waals surface area contributed by atoms with E-state index in [0.29, 0.717) is 22.7 Å². The van der Waals surface area contributed by atoms with Gasteiger partial charge in [-0.05, 0) is 86.0 Å². The highest BCUT2D eigenvalue weighted by Gasteiger charge is 2.25. The van der Waals surface area contributed by atoms with Gasteiger partial charge >= 0.3 is 0 Å². The molecule has 3 aromatic rings. The van der Waals surface area contributed by atoms with Crippen LogP contribution in [0.2, 0.25) is 5.02 Å². The van der Waals surface area contributed by atoms with Gasteiger partial charge in [0.05, 0.1) is 20.0 Å². The molecule has 0 atom stereocenters. The summed E-state index contributed by atoms with van der Waals surface area (Å²) in [6, 6.07) is 10.4. The molecule has 2 heterocycles. The molecule has 1 aliphatic carbocycles. The summed E-state index contributed by atoms with van der Waals surface area (Å²) in [4.78, 5) is 10.0. The molecule has 5 rings (SSSR count). The van der Waals surface area contributed by atoms with Crippen LogP contribution in [0.1, 0.15) is 41.9 Å². The van der Waals surface area contributed by atoms with Gasteiger partial charge in [0.2, 0.25) is 5.95 Å². The molecule has 1 aromatic heterocycles. The summed E-state index contributed by atoms with van der Waals surface area (Å²) < 4.78 is 6.02. The summed E-state index contributed by atoms with van der Waals surface area (Å²) in [6.07, 6.45) is 6.47. The Morgan fingerprint density at radius 2 is 1.97 bits per heavy atom. The maximum Gasteiger partial charge on any atom is 0.229 e. The minimum atomic E-state index is -0.595. The fourth-order valence-corrected chi connectivity index (χ4v) is 5.24. The molecule has 0 saturated heterocycles. The molecule has 6 nitrogen and oxygen atoms in total. The number of thiol groups is 1. The van der Waals surface area contributed by atoms with Crippen LogP contribution < -0.4 is 20.5 Å². The fourth-order valence-electron chi connectivity index (χ4n) is 4.37. The maximum absolute atomic E-state index is 6.47. The Labute approximate surface area is 212 Å². The molecular weight excluding hydrogens is 485 g/mol. The normalized spacial score (nSPS) is 15.6. The van der Waals surface area contributed by atoms with E-state index < -0.39 is 8.15 Å². The summed E-state index contributed by atoms with van der Waals surface area (Å²) in [5.41, 5.74) is 6.05. The van der Waals surface area contributed by atoms with Crippen molar-refractivity contribution in [2.24, 2.45) is 0 Å². The molecule has 2 aromatic carbocycles. The Bertz CT molecular complexity index is 1200. The zero-order chi connectivity index (χ0) is 23.7. The first-order chi connectivity index (χ1) is 16.5. The van der Waals surface area contributed by atoms with Gasteiger partial charge in [0.15, 0.2) is 5.82 Å². The van der Waals surface area contributed by atoms with Crippen molar-refractivity contribution in [2.75, 3.05) is 30.5 Å². The summed E-state index contributed by atoms with van der Waals surface area (Å²) in [7, 11) is -0.595. The first-order valence-electron chi connectivity index (χ1n) is 11.6. The largest absolute Gasteiger partial charge is 0.472 e. The van der Waals surface area contributed by atoms with Crippen molar-refractivity contribution in [2.45, 2.75) is 43.0 Å². The van der Waals surface area contributed by atoms with Crippen LogP contribution in [0.5, 0.6) is 5.75 Å². The van der Waals surface area contributed by atoms with Crippen molar-refractivity contribution in [1.29, 1.82) is 0 Å². The third-order valence-corrected chi connectivity index (χ3v) is 7.41. The topological polar surface area (TPSA) is 71.1 Å². The van der Waals surface area contributed by atoms with E-state index >= 15 is 0 Å². The quantitative estimate of drug-likeness (QED) is 0.204. The number of hydrogen-bond donors (Lipinski definition) is 4. The van der Waals surface area contributed by atoms with Crippen LogP contribution in [-0.2, 0) is 13.0 Å². The van der Waals surface area contributed by atoms with Crippen molar-refractivity contribution in [1.82, 2.24) is 15.3 Å². The Balaban J connectivity index is 1.44. The van der Waals surface area contributed by atoms with Gasteiger partial charge in [-0.3, -0.25) is 0 Å². The van der Waals surface area contributed by atoms with Gasteiger partial charge in [-0.2, -0.15) is 4.98 Å². The Hall–Kier alpha value is -2.05. The minimum Gasteiger partial charge on any atom is -0.472 e. The minimum absolute atomic E-state index is 0.440. The molecule has 0 spiro atoms. The van der Waals surface area contributed by atoms with Crippen LogP contribution in [0.4, 0.5) is 23.1 Å². The lowest BCUT2D eigenvalue weighted by molar-refractivity contribution is 0.420. The van der Waals surface area contributed by atoms with Crippen LogP contribution >= 0.6 is 32.4 Å². The predicted molar refractivity (Wildman–Crippen MR) is 145 cm³/mol. The van der Waals surface area contributed by atoms with Gasteiger partial charge in [-0.25, -0.2) is 4.98 Å². The Morgan fingerprint density at radius 3 is 2.74 bits per heavy atom. The molecule has 34 heavy (non-hydrogen) atoms. The second kappa shape index (κ2) is 10.3. The second-order valence-electron chi connectivity index (χ2n) is 8.99. The molecule has 1 aliphatic heterocycles. The number of anilines is 4. The van der Waals surface area contributed by atoms with E-state index in [1.54, 1.807) is 6.20 Å². The third-order valence-electron chi connectivity index (χ3n) is 6.29. The van der Waals surface area contributed by atoms with E-state index in [1.807, 2.05) is 18.2 Å². The molecule has 178 valence electrons. The van der Waals surface area contributed by atoms with Crippen LogP contribution in [-0.4, -0.2) is 29.8 Å². The second-order valence-corrected chi connectivity index (χ2v) is 11.7. The lowest BCUT2D eigenvalue weighted by atomic mass is 9.78. The van der Waals surface area contributed by atoms with Gasteiger partial charge in [0.25, 0.3) is 0 Å². The molecule has 3 N–H and O–H groups in total. The van der Waals surface area contributed by atoms with Crippen LogP contribution in [0.3, 0.4) is 0 Å². The third kappa shape index (κ3) is 5.28. The molecule has 0 amide bonds. The number of halogens is 1. The molecule has 1 fully saturated rings. The van der Waals surface area contributed by atoms with E-state index in [9.17, 15) is 0 Å². The van der Waals surface area contributed by atoms with Gasteiger partial charge in [0.1, 0.15) is 10.8 Å². The fraction of sp³-hybridized carbons (Fsp3) is 0.360. The van der Waals surface area contributed by atoms with E-state index in [4.69, 9.17) is 21.1 Å². The molecule has 0 bridgehead atoms. The van der Waals surface area contributed by atoms with Crippen LogP contribution in [0.15, 0.2) is 41.4 Å². The van der Waals surface area contributed by atoms with Crippen molar-refractivity contribution in [3.05, 3.63) is 58.2 Å². The van der Waals surface area contributed by atoms with Gasteiger partial charge < -0.3 is 20.5 Å². The van der Waals surface area contributed by atoms with Gasteiger partial charge in [0, 0.05) is 17.1 Å². The number of nitrogens with one attached hydrogen (secondary N) is 3. The molecule has 9 heteroatoms. The molecule has 0 unspecified atom stereocenters. The molecule has 1 saturated carbocycles. The zero-order valence-corrected chi connectivity index (χ0v) is 21.9.